The second kappa shape index (κ2) is 3.80. The van der Waals surface area contributed by atoms with Crippen LogP contribution in [0, 0.1) is 0 Å². The van der Waals surface area contributed by atoms with Gasteiger partial charge in [0, 0.05) is 6.42 Å². The average Bonchev–Trinajstić information content (AvgIpc) is 3.02. The summed E-state index contributed by atoms with van der Waals surface area (Å²) in [5, 5.41) is 0. The van der Waals surface area contributed by atoms with Gasteiger partial charge in [-0.1, -0.05) is 12.1 Å². The molecule has 1 atom stereocenters. The van der Waals surface area contributed by atoms with E-state index in [2.05, 4.69) is 4.74 Å². The molecular formula is C11H12O3. The number of methoxy groups -OCH3 is 1. The van der Waals surface area contributed by atoms with Gasteiger partial charge in [0.2, 0.25) is 0 Å². The van der Waals surface area contributed by atoms with Crippen LogP contribution in [0.4, 0.5) is 0 Å². The standard InChI is InChI=1S/C11H12O3/c1-13-11(12)9-4-2-8(3-5-9)6-10-7-14-10/h2-5,10H,6-7H2,1H3/t10-/m1/s1. The number of esters is 1. The second-order valence-electron chi connectivity index (χ2n) is 3.35. The van der Waals surface area contributed by atoms with Crippen LogP contribution in [0.2, 0.25) is 0 Å². The van der Waals surface area contributed by atoms with E-state index in [-0.39, 0.29) is 5.97 Å². The van der Waals surface area contributed by atoms with Gasteiger partial charge < -0.3 is 9.47 Å². The zero-order valence-corrected chi connectivity index (χ0v) is 8.03. The lowest BCUT2D eigenvalue weighted by Gasteiger charge is -2.00. The fourth-order valence-electron chi connectivity index (χ4n) is 1.34. The van der Waals surface area contributed by atoms with Crippen molar-refractivity contribution in [3.8, 4) is 0 Å². The highest BCUT2D eigenvalue weighted by atomic mass is 16.6. The molecule has 0 aliphatic carbocycles. The minimum atomic E-state index is -0.292. The van der Waals surface area contributed by atoms with E-state index in [9.17, 15) is 4.79 Å². The van der Waals surface area contributed by atoms with Gasteiger partial charge in [0.15, 0.2) is 0 Å². The molecule has 0 bridgehead atoms. The van der Waals surface area contributed by atoms with Crippen molar-refractivity contribution in [2.24, 2.45) is 0 Å². The van der Waals surface area contributed by atoms with Crippen molar-refractivity contribution in [3.05, 3.63) is 35.4 Å². The third-order valence-electron chi connectivity index (χ3n) is 2.24. The molecule has 3 heteroatoms. The molecule has 74 valence electrons. The van der Waals surface area contributed by atoms with Crippen LogP contribution >= 0.6 is 0 Å². The van der Waals surface area contributed by atoms with E-state index < -0.39 is 0 Å². The summed E-state index contributed by atoms with van der Waals surface area (Å²) < 4.78 is 9.73. The van der Waals surface area contributed by atoms with Gasteiger partial charge in [-0.3, -0.25) is 0 Å². The second-order valence-corrected chi connectivity index (χ2v) is 3.35. The lowest BCUT2D eigenvalue weighted by molar-refractivity contribution is 0.0601. The first kappa shape index (κ1) is 9.21. The van der Waals surface area contributed by atoms with Crippen molar-refractivity contribution in [1.82, 2.24) is 0 Å². The summed E-state index contributed by atoms with van der Waals surface area (Å²) >= 11 is 0. The summed E-state index contributed by atoms with van der Waals surface area (Å²) in [6.07, 6.45) is 1.32. The normalized spacial score (nSPS) is 19.1. The van der Waals surface area contributed by atoms with Gasteiger partial charge in [-0.25, -0.2) is 4.79 Å². The van der Waals surface area contributed by atoms with Gasteiger partial charge in [-0.2, -0.15) is 0 Å². The van der Waals surface area contributed by atoms with E-state index in [1.807, 2.05) is 12.1 Å². The fraction of sp³-hybridized carbons (Fsp3) is 0.364. The Labute approximate surface area is 82.6 Å². The maximum absolute atomic E-state index is 11.1. The highest BCUT2D eigenvalue weighted by Crippen LogP contribution is 2.16. The molecular weight excluding hydrogens is 180 g/mol. The van der Waals surface area contributed by atoms with Crippen molar-refractivity contribution in [2.75, 3.05) is 13.7 Å². The molecule has 1 heterocycles. The predicted molar refractivity (Wildman–Crippen MR) is 51.2 cm³/mol. The van der Waals surface area contributed by atoms with E-state index >= 15 is 0 Å². The van der Waals surface area contributed by atoms with Gasteiger partial charge in [0.1, 0.15) is 0 Å². The van der Waals surface area contributed by atoms with Gasteiger partial charge in [-0.05, 0) is 17.7 Å². The summed E-state index contributed by atoms with van der Waals surface area (Å²) in [6, 6.07) is 7.44. The van der Waals surface area contributed by atoms with E-state index in [1.165, 1.54) is 12.7 Å². The first-order chi connectivity index (χ1) is 6.79. The molecule has 0 unspecified atom stereocenters. The molecule has 1 aliphatic heterocycles. The Balaban J connectivity index is 2.04. The maximum atomic E-state index is 11.1. The third-order valence-corrected chi connectivity index (χ3v) is 2.24. The Hall–Kier alpha value is -1.35. The number of benzene rings is 1. The van der Waals surface area contributed by atoms with Crippen LogP contribution in [0.25, 0.3) is 0 Å². The average molecular weight is 192 g/mol. The fourth-order valence-corrected chi connectivity index (χ4v) is 1.34. The van der Waals surface area contributed by atoms with Gasteiger partial charge in [-0.15, -0.1) is 0 Å². The molecule has 0 amide bonds. The van der Waals surface area contributed by atoms with Crippen LogP contribution in [-0.4, -0.2) is 25.8 Å². The van der Waals surface area contributed by atoms with Crippen molar-refractivity contribution in [2.45, 2.75) is 12.5 Å². The third kappa shape index (κ3) is 2.12. The predicted octanol–water partition coefficient (Wildman–Crippen LogP) is 1.41. The Morgan fingerprint density at radius 3 is 2.64 bits per heavy atom. The summed E-state index contributed by atoms with van der Waals surface area (Å²) in [6.45, 7) is 0.860. The quantitative estimate of drug-likeness (QED) is 0.537. The van der Waals surface area contributed by atoms with Gasteiger partial charge in [0.25, 0.3) is 0 Å². The summed E-state index contributed by atoms with van der Waals surface area (Å²) in [5.41, 5.74) is 1.79. The molecule has 3 nitrogen and oxygen atoms in total. The lowest BCUT2D eigenvalue weighted by Crippen LogP contribution is -2.01. The van der Waals surface area contributed by atoms with E-state index in [4.69, 9.17) is 4.74 Å². The van der Waals surface area contributed by atoms with Crippen LogP contribution in [0.1, 0.15) is 15.9 Å². The largest absolute Gasteiger partial charge is 0.465 e. The van der Waals surface area contributed by atoms with Gasteiger partial charge >= 0.3 is 5.97 Å². The number of ether oxygens (including phenoxy) is 2. The summed E-state index contributed by atoms with van der Waals surface area (Å²) in [4.78, 5) is 11.1. The molecule has 14 heavy (non-hydrogen) atoms. The summed E-state index contributed by atoms with van der Waals surface area (Å²) in [7, 11) is 1.38. The van der Waals surface area contributed by atoms with Crippen molar-refractivity contribution >= 4 is 5.97 Å². The molecule has 1 aromatic rings. The van der Waals surface area contributed by atoms with E-state index in [1.54, 1.807) is 12.1 Å². The van der Waals surface area contributed by atoms with Crippen molar-refractivity contribution in [1.29, 1.82) is 0 Å². The summed E-state index contributed by atoms with van der Waals surface area (Å²) in [5.74, 6) is -0.292. The van der Waals surface area contributed by atoms with Crippen LogP contribution in [-0.2, 0) is 15.9 Å². The van der Waals surface area contributed by atoms with Crippen LogP contribution < -0.4 is 0 Å². The van der Waals surface area contributed by atoms with Crippen molar-refractivity contribution in [3.63, 3.8) is 0 Å². The highest BCUT2D eigenvalue weighted by Gasteiger charge is 2.22. The van der Waals surface area contributed by atoms with Crippen LogP contribution in [0.5, 0.6) is 0 Å². The zero-order chi connectivity index (χ0) is 9.97. The first-order valence-corrected chi connectivity index (χ1v) is 4.58. The minimum Gasteiger partial charge on any atom is -0.465 e. The maximum Gasteiger partial charge on any atom is 0.337 e. The van der Waals surface area contributed by atoms with Crippen LogP contribution in [0.3, 0.4) is 0 Å². The van der Waals surface area contributed by atoms with Gasteiger partial charge in [0.05, 0.1) is 25.4 Å². The Morgan fingerprint density at radius 1 is 1.50 bits per heavy atom. The molecule has 2 rings (SSSR count). The minimum absolute atomic E-state index is 0.292. The number of hydrogen-bond donors (Lipinski definition) is 0. The monoisotopic (exact) mass is 192 g/mol. The molecule has 1 aliphatic rings. The molecule has 0 radical (unpaired) electrons. The SMILES string of the molecule is COC(=O)c1ccc(C[C@@H]2CO2)cc1. The topological polar surface area (TPSA) is 38.8 Å². The molecule has 1 aromatic carbocycles. The number of epoxide rings is 1. The molecule has 0 aromatic heterocycles. The molecule has 0 saturated carbocycles. The Kier molecular flexibility index (Phi) is 2.50. The van der Waals surface area contributed by atoms with E-state index in [0.717, 1.165) is 13.0 Å². The van der Waals surface area contributed by atoms with Crippen LogP contribution in [0.15, 0.2) is 24.3 Å². The highest BCUT2D eigenvalue weighted by molar-refractivity contribution is 5.89. The van der Waals surface area contributed by atoms with Crippen molar-refractivity contribution < 1.29 is 14.3 Å². The Morgan fingerprint density at radius 2 is 2.14 bits per heavy atom. The molecule has 0 spiro atoms. The number of carbonyl (C=O) groups is 1. The van der Waals surface area contributed by atoms with E-state index in [0.29, 0.717) is 11.7 Å². The smallest absolute Gasteiger partial charge is 0.337 e. The Bertz CT molecular complexity index is 325. The zero-order valence-electron chi connectivity index (χ0n) is 8.03. The number of carbonyl (C=O) groups excluding carboxylic acids is 1. The first-order valence-electron chi connectivity index (χ1n) is 4.58. The number of rotatable bonds is 3. The molecule has 1 saturated heterocycles. The number of hydrogen-bond acceptors (Lipinski definition) is 3. The molecule has 0 N–H and O–H groups in total. The molecule has 1 fully saturated rings. The lowest BCUT2D eigenvalue weighted by atomic mass is 10.1.